The third-order valence-corrected chi connectivity index (χ3v) is 4.89. The number of pyridine rings is 2. The molecule has 0 saturated heterocycles. The van der Waals surface area contributed by atoms with Gasteiger partial charge < -0.3 is 4.90 Å². The standard InChI is InChI=1S/C22H19N5O3/c1-25(17-6-3-2-4-7-17)19(28)15-26-18-8-5-11-24-20(18)21(29)27(22(26)30)14-16-9-12-23-13-10-16/h2-13H,14-15H2,1H3. The highest BCUT2D eigenvalue weighted by Crippen LogP contribution is 2.12. The van der Waals surface area contributed by atoms with E-state index in [1.54, 1.807) is 43.7 Å². The Morgan fingerprint density at radius 3 is 2.40 bits per heavy atom. The van der Waals surface area contributed by atoms with Crippen LogP contribution in [0.2, 0.25) is 0 Å². The summed E-state index contributed by atoms with van der Waals surface area (Å²) in [6, 6.07) is 15.9. The van der Waals surface area contributed by atoms with E-state index in [2.05, 4.69) is 9.97 Å². The van der Waals surface area contributed by atoms with Gasteiger partial charge in [0.2, 0.25) is 5.91 Å². The number of rotatable bonds is 5. The first-order chi connectivity index (χ1) is 14.6. The number of aromatic nitrogens is 4. The summed E-state index contributed by atoms with van der Waals surface area (Å²) in [5, 5.41) is 0. The van der Waals surface area contributed by atoms with Crippen LogP contribution < -0.4 is 16.1 Å². The van der Waals surface area contributed by atoms with E-state index >= 15 is 0 Å². The zero-order valence-corrected chi connectivity index (χ0v) is 16.3. The van der Waals surface area contributed by atoms with Gasteiger partial charge in [0.05, 0.1) is 12.1 Å². The summed E-state index contributed by atoms with van der Waals surface area (Å²) < 4.78 is 2.40. The van der Waals surface area contributed by atoms with Gasteiger partial charge in [-0.1, -0.05) is 18.2 Å². The highest BCUT2D eigenvalue weighted by molar-refractivity contribution is 5.93. The number of benzene rings is 1. The Balaban J connectivity index is 1.80. The topological polar surface area (TPSA) is 90.1 Å². The fourth-order valence-electron chi connectivity index (χ4n) is 3.24. The van der Waals surface area contributed by atoms with Crippen LogP contribution in [-0.2, 0) is 17.9 Å². The molecule has 0 N–H and O–H groups in total. The van der Waals surface area contributed by atoms with Crippen LogP contribution in [0, 0.1) is 0 Å². The molecule has 4 aromatic rings. The molecule has 1 amide bonds. The molecule has 3 aromatic heterocycles. The number of nitrogens with zero attached hydrogens (tertiary/aromatic N) is 5. The second-order valence-corrected chi connectivity index (χ2v) is 6.77. The van der Waals surface area contributed by atoms with Crippen molar-refractivity contribution in [3.05, 3.63) is 99.6 Å². The molecule has 0 aliphatic rings. The molecule has 0 aliphatic heterocycles. The lowest BCUT2D eigenvalue weighted by Crippen LogP contribution is -2.43. The van der Waals surface area contributed by atoms with Crippen molar-refractivity contribution < 1.29 is 4.79 Å². The largest absolute Gasteiger partial charge is 0.332 e. The van der Waals surface area contributed by atoms with E-state index in [9.17, 15) is 14.4 Å². The Morgan fingerprint density at radius 1 is 0.933 bits per heavy atom. The molecule has 8 nitrogen and oxygen atoms in total. The zero-order valence-electron chi connectivity index (χ0n) is 16.3. The molecule has 0 aliphatic carbocycles. The van der Waals surface area contributed by atoms with E-state index in [0.717, 1.165) is 10.1 Å². The number of carbonyl (C=O) groups excluding carboxylic acids is 1. The van der Waals surface area contributed by atoms with Crippen LogP contribution in [0.3, 0.4) is 0 Å². The number of hydrogen-bond donors (Lipinski definition) is 0. The number of fused-ring (bicyclic) bond motifs is 1. The van der Waals surface area contributed by atoms with Crippen molar-refractivity contribution in [3.63, 3.8) is 0 Å². The summed E-state index contributed by atoms with van der Waals surface area (Å²) in [6.07, 6.45) is 4.68. The average molecular weight is 401 g/mol. The van der Waals surface area contributed by atoms with Gasteiger partial charge in [0.15, 0.2) is 5.52 Å². The van der Waals surface area contributed by atoms with Gasteiger partial charge in [0.25, 0.3) is 5.56 Å². The molecule has 0 bridgehead atoms. The van der Waals surface area contributed by atoms with Crippen LogP contribution in [0.4, 0.5) is 5.69 Å². The van der Waals surface area contributed by atoms with Crippen molar-refractivity contribution in [2.24, 2.45) is 0 Å². The van der Waals surface area contributed by atoms with Gasteiger partial charge >= 0.3 is 5.69 Å². The number of para-hydroxylation sites is 1. The Bertz CT molecular complexity index is 1310. The van der Waals surface area contributed by atoms with Crippen molar-refractivity contribution in [1.82, 2.24) is 19.1 Å². The van der Waals surface area contributed by atoms with Crippen LogP contribution in [-0.4, -0.2) is 32.1 Å². The van der Waals surface area contributed by atoms with Crippen LogP contribution in [0.25, 0.3) is 11.0 Å². The Kier molecular flexibility index (Phi) is 5.21. The zero-order chi connectivity index (χ0) is 21.1. The minimum atomic E-state index is -0.563. The molecule has 1 aromatic carbocycles. The minimum absolute atomic E-state index is 0.0649. The number of anilines is 1. The van der Waals surface area contributed by atoms with Gasteiger partial charge in [-0.3, -0.25) is 23.7 Å². The summed E-state index contributed by atoms with van der Waals surface area (Å²) in [4.78, 5) is 48.6. The highest BCUT2D eigenvalue weighted by Gasteiger charge is 2.18. The van der Waals surface area contributed by atoms with Crippen molar-refractivity contribution in [2.75, 3.05) is 11.9 Å². The number of hydrogen-bond acceptors (Lipinski definition) is 5. The SMILES string of the molecule is CN(C(=O)Cn1c(=O)n(Cc2ccncc2)c(=O)c2ncccc21)c1ccccc1. The van der Waals surface area contributed by atoms with E-state index in [4.69, 9.17) is 0 Å². The summed E-state index contributed by atoms with van der Waals surface area (Å²) in [5.41, 5.74) is 0.871. The second kappa shape index (κ2) is 8.12. The Hall–Kier alpha value is -4.07. The lowest BCUT2D eigenvalue weighted by Gasteiger charge is -2.19. The molecule has 0 atom stereocenters. The summed E-state index contributed by atoms with van der Waals surface area (Å²) in [7, 11) is 1.65. The molecule has 8 heteroatoms. The molecule has 0 saturated carbocycles. The van der Waals surface area contributed by atoms with Gasteiger partial charge in [-0.2, -0.15) is 0 Å². The van der Waals surface area contributed by atoms with E-state index < -0.39 is 11.2 Å². The van der Waals surface area contributed by atoms with Crippen LogP contribution in [0.5, 0.6) is 0 Å². The average Bonchev–Trinajstić information content (AvgIpc) is 2.80. The van der Waals surface area contributed by atoms with Crippen molar-refractivity contribution >= 4 is 22.6 Å². The normalized spacial score (nSPS) is 10.8. The molecule has 0 fully saturated rings. The third-order valence-electron chi connectivity index (χ3n) is 4.89. The molecule has 0 radical (unpaired) electrons. The highest BCUT2D eigenvalue weighted by atomic mass is 16.2. The maximum atomic E-state index is 13.2. The van der Waals surface area contributed by atoms with Crippen molar-refractivity contribution in [1.29, 1.82) is 0 Å². The first-order valence-electron chi connectivity index (χ1n) is 9.35. The number of likely N-dealkylation sites (N-methyl/N-ethyl adjacent to an activating group) is 1. The minimum Gasteiger partial charge on any atom is -0.314 e. The molecule has 150 valence electrons. The van der Waals surface area contributed by atoms with Gasteiger partial charge in [0, 0.05) is 31.3 Å². The lowest BCUT2D eigenvalue weighted by molar-refractivity contribution is -0.118. The predicted molar refractivity (Wildman–Crippen MR) is 113 cm³/mol. The smallest absolute Gasteiger partial charge is 0.314 e. The van der Waals surface area contributed by atoms with Crippen LogP contribution >= 0.6 is 0 Å². The fourth-order valence-corrected chi connectivity index (χ4v) is 3.24. The van der Waals surface area contributed by atoms with E-state index in [0.29, 0.717) is 11.2 Å². The second-order valence-electron chi connectivity index (χ2n) is 6.77. The van der Waals surface area contributed by atoms with Gasteiger partial charge in [-0.05, 0) is 42.0 Å². The number of carbonyl (C=O) groups is 1. The summed E-state index contributed by atoms with van der Waals surface area (Å²) in [6.45, 7) is -0.154. The van der Waals surface area contributed by atoms with Gasteiger partial charge in [-0.15, -0.1) is 0 Å². The first kappa shape index (κ1) is 19.3. The summed E-state index contributed by atoms with van der Waals surface area (Å²) >= 11 is 0. The van der Waals surface area contributed by atoms with E-state index in [1.807, 2.05) is 30.3 Å². The maximum Gasteiger partial charge on any atom is 0.332 e. The van der Waals surface area contributed by atoms with Crippen molar-refractivity contribution in [2.45, 2.75) is 13.1 Å². The molecular formula is C22H19N5O3. The van der Waals surface area contributed by atoms with E-state index in [1.165, 1.54) is 15.7 Å². The predicted octanol–water partition coefficient (Wildman–Crippen LogP) is 1.66. The van der Waals surface area contributed by atoms with Crippen LogP contribution in [0.1, 0.15) is 5.56 Å². The monoisotopic (exact) mass is 401 g/mol. The lowest BCUT2D eigenvalue weighted by atomic mass is 10.2. The molecule has 4 rings (SSSR count). The molecule has 0 spiro atoms. The third kappa shape index (κ3) is 3.62. The first-order valence-corrected chi connectivity index (χ1v) is 9.35. The molecule has 3 heterocycles. The van der Waals surface area contributed by atoms with E-state index in [-0.39, 0.29) is 24.5 Å². The Morgan fingerprint density at radius 2 is 1.67 bits per heavy atom. The molecule has 30 heavy (non-hydrogen) atoms. The number of amides is 1. The quantitative estimate of drug-likeness (QED) is 0.507. The van der Waals surface area contributed by atoms with Crippen molar-refractivity contribution in [3.8, 4) is 0 Å². The van der Waals surface area contributed by atoms with Gasteiger partial charge in [0.1, 0.15) is 6.54 Å². The van der Waals surface area contributed by atoms with Gasteiger partial charge in [-0.25, -0.2) is 9.78 Å². The molecule has 0 unspecified atom stereocenters. The van der Waals surface area contributed by atoms with Crippen LogP contribution in [0.15, 0.2) is 82.8 Å². The fraction of sp³-hybridized carbons (Fsp3) is 0.136. The molecular weight excluding hydrogens is 382 g/mol. The Labute approximate surface area is 171 Å². The maximum absolute atomic E-state index is 13.2. The summed E-state index contributed by atoms with van der Waals surface area (Å²) in [5.74, 6) is -0.289.